The number of hydrogen-bond acceptors (Lipinski definition) is 5. The molecule has 0 bridgehead atoms. The molecule has 1 amide bonds. The zero-order chi connectivity index (χ0) is 20.8. The molecular weight excluding hydrogens is 375 g/mol. The third-order valence-electron chi connectivity index (χ3n) is 4.88. The van der Waals surface area contributed by atoms with Crippen LogP contribution in [0.5, 0.6) is 0 Å². The number of nitrogens with zero attached hydrogens (tertiary/aromatic N) is 3. The lowest BCUT2D eigenvalue weighted by atomic mass is 10.1. The number of benzene rings is 2. The lowest BCUT2D eigenvalue weighted by molar-refractivity contribution is 0.0698. The van der Waals surface area contributed by atoms with E-state index in [1.165, 1.54) is 36.4 Å². The maximum Gasteiger partial charge on any atom is 0.337 e. The van der Waals surface area contributed by atoms with Crippen LogP contribution in [0.1, 0.15) is 27.1 Å². The Morgan fingerprint density at radius 3 is 2.48 bits per heavy atom. The van der Waals surface area contributed by atoms with Crippen molar-refractivity contribution < 1.29 is 19.1 Å². The highest BCUT2D eigenvalue weighted by Crippen LogP contribution is 2.25. The first-order valence-electron chi connectivity index (χ1n) is 9.27. The normalized spacial score (nSPS) is 14.3. The van der Waals surface area contributed by atoms with Crippen LogP contribution in [0.2, 0.25) is 0 Å². The summed E-state index contributed by atoms with van der Waals surface area (Å²) in [4.78, 5) is 28.3. The Balaban J connectivity index is 1.74. The van der Waals surface area contributed by atoms with Crippen molar-refractivity contribution in [2.45, 2.75) is 6.42 Å². The zero-order valence-electron chi connectivity index (χ0n) is 15.8. The second-order valence-electron chi connectivity index (χ2n) is 6.71. The van der Waals surface area contributed by atoms with Crippen LogP contribution in [0.3, 0.4) is 0 Å². The lowest BCUT2D eigenvalue weighted by Gasteiger charge is -2.36. The summed E-state index contributed by atoms with van der Waals surface area (Å²) < 4.78 is 13.8. The van der Waals surface area contributed by atoms with Gasteiger partial charge >= 0.3 is 5.97 Å². The molecule has 0 spiro atoms. The number of carbonyl (C=O) groups excluding carboxylic acids is 1. The fourth-order valence-electron chi connectivity index (χ4n) is 3.29. The van der Waals surface area contributed by atoms with E-state index in [0.29, 0.717) is 19.5 Å². The first-order valence-corrected chi connectivity index (χ1v) is 9.27. The van der Waals surface area contributed by atoms with Crippen LogP contribution in [0.15, 0.2) is 42.5 Å². The molecule has 1 aliphatic rings. The van der Waals surface area contributed by atoms with Gasteiger partial charge in [-0.25, -0.2) is 9.18 Å². The van der Waals surface area contributed by atoms with Gasteiger partial charge in [0.2, 0.25) is 0 Å². The van der Waals surface area contributed by atoms with Crippen molar-refractivity contribution in [3.8, 4) is 6.07 Å². The quantitative estimate of drug-likeness (QED) is 0.779. The minimum Gasteiger partial charge on any atom is -0.478 e. The second kappa shape index (κ2) is 9.17. The van der Waals surface area contributed by atoms with Crippen LogP contribution >= 0.6 is 0 Å². The average molecular weight is 396 g/mol. The molecule has 1 saturated heterocycles. The van der Waals surface area contributed by atoms with Crippen molar-refractivity contribution in [1.82, 2.24) is 4.90 Å². The van der Waals surface area contributed by atoms with Gasteiger partial charge in [0.15, 0.2) is 0 Å². The van der Waals surface area contributed by atoms with Crippen molar-refractivity contribution in [2.75, 3.05) is 42.9 Å². The van der Waals surface area contributed by atoms with Crippen molar-refractivity contribution in [2.24, 2.45) is 0 Å². The third kappa shape index (κ3) is 4.89. The fraction of sp³-hybridized carbons (Fsp3) is 0.286. The molecular formula is C21H21FN4O3. The topological polar surface area (TPSA) is 96.7 Å². The van der Waals surface area contributed by atoms with Gasteiger partial charge in [-0.1, -0.05) is 12.1 Å². The molecule has 1 aliphatic heterocycles. The molecule has 2 aromatic carbocycles. The van der Waals surface area contributed by atoms with Gasteiger partial charge in [-0.3, -0.25) is 9.69 Å². The molecule has 0 saturated carbocycles. The van der Waals surface area contributed by atoms with E-state index in [1.54, 1.807) is 6.07 Å². The standard InChI is InChI=1S/C21H21FN4O3/c22-18-5-2-1-4-16(18)20(27)24-19-7-6-15(14-17(19)21(28)29)26-12-10-25(11-13-26)9-3-8-23/h1-2,4-7,14H,3,9-13H2,(H,24,27)(H,28,29). The van der Waals surface area contributed by atoms with Crippen LogP contribution in [0.4, 0.5) is 15.8 Å². The van der Waals surface area contributed by atoms with Crippen LogP contribution in [-0.4, -0.2) is 54.6 Å². The van der Waals surface area contributed by atoms with E-state index in [2.05, 4.69) is 21.2 Å². The number of rotatable bonds is 6. The van der Waals surface area contributed by atoms with E-state index in [4.69, 9.17) is 5.26 Å². The second-order valence-corrected chi connectivity index (χ2v) is 6.71. The highest BCUT2D eigenvalue weighted by atomic mass is 19.1. The Labute approximate surface area is 168 Å². The summed E-state index contributed by atoms with van der Waals surface area (Å²) in [6, 6.07) is 12.5. The molecule has 0 aromatic heterocycles. The van der Waals surface area contributed by atoms with Gasteiger partial charge in [0.25, 0.3) is 5.91 Å². The van der Waals surface area contributed by atoms with E-state index in [1.807, 2.05) is 0 Å². The Kier molecular flexibility index (Phi) is 6.42. The van der Waals surface area contributed by atoms with Crippen LogP contribution in [-0.2, 0) is 0 Å². The van der Waals surface area contributed by atoms with Gasteiger partial charge in [0.05, 0.1) is 22.9 Å². The Morgan fingerprint density at radius 2 is 1.83 bits per heavy atom. The molecule has 150 valence electrons. The molecule has 0 radical (unpaired) electrons. The Hall–Kier alpha value is -3.44. The predicted molar refractivity (Wildman–Crippen MR) is 107 cm³/mol. The van der Waals surface area contributed by atoms with Gasteiger partial charge in [-0.15, -0.1) is 0 Å². The van der Waals surface area contributed by atoms with Crippen LogP contribution in [0, 0.1) is 17.1 Å². The van der Waals surface area contributed by atoms with Gasteiger partial charge in [0.1, 0.15) is 5.82 Å². The monoisotopic (exact) mass is 396 g/mol. The highest BCUT2D eigenvalue weighted by Gasteiger charge is 2.21. The van der Waals surface area contributed by atoms with Crippen molar-refractivity contribution >= 4 is 23.3 Å². The molecule has 0 atom stereocenters. The summed E-state index contributed by atoms with van der Waals surface area (Å²) in [6.45, 7) is 3.73. The molecule has 0 aliphatic carbocycles. The number of anilines is 2. The molecule has 1 heterocycles. The fourth-order valence-corrected chi connectivity index (χ4v) is 3.29. The summed E-state index contributed by atoms with van der Waals surface area (Å²) in [5, 5.41) is 20.8. The lowest BCUT2D eigenvalue weighted by Crippen LogP contribution is -2.46. The van der Waals surface area contributed by atoms with Crippen molar-refractivity contribution in [1.29, 1.82) is 5.26 Å². The van der Waals surface area contributed by atoms with Gasteiger partial charge in [-0.2, -0.15) is 5.26 Å². The number of carbonyl (C=O) groups is 2. The minimum absolute atomic E-state index is 0.0564. The number of piperazine rings is 1. The highest BCUT2D eigenvalue weighted by molar-refractivity contribution is 6.08. The summed E-state index contributed by atoms with van der Waals surface area (Å²) in [5.74, 6) is -2.56. The average Bonchev–Trinajstić information content (AvgIpc) is 2.73. The van der Waals surface area contributed by atoms with Crippen molar-refractivity contribution in [3.05, 3.63) is 59.4 Å². The van der Waals surface area contributed by atoms with Gasteiger partial charge in [-0.05, 0) is 30.3 Å². The van der Waals surface area contributed by atoms with E-state index < -0.39 is 17.7 Å². The summed E-state index contributed by atoms with van der Waals surface area (Å²) in [5.41, 5.74) is 0.647. The zero-order valence-corrected chi connectivity index (χ0v) is 15.8. The Morgan fingerprint density at radius 1 is 1.10 bits per heavy atom. The molecule has 2 N–H and O–H groups in total. The molecule has 3 rings (SSSR count). The first kappa shape index (κ1) is 20.3. The number of hydrogen-bond donors (Lipinski definition) is 2. The predicted octanol–water partition coefficient (Wildman–Crippen LogP) is 2.81. The SMILES string of the molecule is N#CCCN1CCN(c2ccc(NC(=O)c3ccccc3F)c(C(=O)O)c2)CC1. The number of amides is 1. The molecule has 8 heteroatoms. The minimum atomic E-state index is -1.18. The molecule has 0 unspecified atom stereocenters. The first-order chi connectivity index (χ1) is 14.0. The van der Waals surface area contributed by atoms with Gasteiger partial charge < -0.3 is 15.3 Å². The van der Waals surface area contributed by atoms with E-state index >= 15 is 0 Å². The third-order valence-corrected chi connectivity index (χ3v) is 4.88. The summed E-state index contributed by atoms with van der Waals surface area (Å²) >= 11 is 0. The number of aromatic carboxylic acids is 1. The number of halogens is 1. The largest absolute Gasteiger partial charge is 0.478 e. The summed E-state index contributed by atoms with van der Waals surface area (Å²) in [7, 11) is 0. The summed E-state index contributed by atoms with van der Waals surface area (Å²) in [6.07, 6.45) is 0.486. The van der Waals surface area contributed by atoms with Crippen molar-refractivity contribution in [3.63, 3.8) is 0 Å². The van der Waals surface area contributed by atoms with E-state index in [0.717, 1.165) is 25.3 Å². The molecule has 7 nitrogen and oxygen atoms in total. The van der Waals surface area contributed by atoms with Gasteiger partial charge in [0, 0.05) is 44.8 Å². The number of carboxylic acid groups (broad SMARTS) is 1. The molecule has 1 fully saturated rings. The number of carboxylic acids is 1. The maximum absolute atomic E-state index is 13.8. The maximum atomic E-state index is 13.8. The van der Waals surface area contributed by atoms with E-state index in [9.17, 15) is 19.1 Å². The van der Waals surface area contributed by atoms with E-state index in [-0.39, 0.29) is 16.8 Å². The molecule has 2 aromatic rings. The molecule has 29 heavy (non-hydrogen) atoms. The smallest absolute Gasteiger partial charge is 0.337 e. The Bertz CT molecular complexity index is 949. The number of nitrogens with one attached hydrogen (secondary N) is 1. The van der Waals surface area contributed by atoms with Crippen LogP contribution < -0.4 is 10.2 Å². The number of nitriles is 1. The van der Waals surface area contributed by atoms with Crippen LogP contribution in [0.25, 0.3) is 0 Å².